The number of carboxylic acid groups (broad SMARTS) is 1. The Balaban J connectivity index is 1.63. The van der Waals surface area contributed by atoms with E-state index in [2.05, 4.69) is 19.9 Å². The molecule has 5 rings (SSSR count). The number of fused-ring (bicyclic) bond motifs is 6. The van der Waals surface area contributed by atoms with E-state index in [-0.39, 0.29) is 34.4 Å². The first-order valence-electron chi connectivity index (χ1n) is 10.6. The van der Waals surface area contributed by atoms with E-state index in [4.69, 9.17) is 4.74 Å². The van der Waals surface area contributed by atoms with Gasteiger partial charge >= 0.3 is 11.9 Å². The number of ether oxygens (including phenoxy) is 1. The van der Waals surface area contributed by atoms with Crippen LogP contribution in [-0.4, -0.2) is 28.4 Å². The lowest BCUT2D eigenvalue weighted by Gasteiger charge is -2.56. The van der Waals surface area contributed by atoms with Gasteiger partial charge in [-0.1, -0.05) is 31.1 Å². The van der Waals surface area contributed by atoms with E-state index in [9.17, 15) is 19.5 Å². The number of rotatable bonds is 1. The van der Waals surface area contributed by atoms with Gasteiger partial charge in [0.1, 0.15) is 5.60 Å². The Kier molecular flexibility index (Phi) is 3.61. The number of hydrogen-bond acceptors (Lipinski definition) is 4. The van der Waals surface area contributed by atoms with Crippen molar-refractivity contribution >= 4 is 17.7 Å². The molecule has 1 aliphatic heterocycles. The van der Waals surface area contributed by atoms with Crippen molar-refractivity contribution in [3.63, 3.8) is 0 Å². The highest BCUT2D eigenvalue weighted by Gasteiger charge is 2.67. The van der Waals surface area contributed by atoms with E-state index in [1.807, 2.05) is 0 Å². The SMILES string of the molecule is C[C@]12CCC(=O)C=C1CC(C(=O)O)[C@@H]1C2=CC[C@@]2(C)[C@H]1CC[C@@]21CCC(=O)O1. The van der Waals surface area contributed by atoms with Crippen LogP contribution >= 0.6 is 0 Å². The molecule has 2 saturated carbocycles. The predicted octanol–water partition coefficient (Wildman–Crippen LogP) is 3.82. The average molecular weight is 384 g/mol. The fourth-order valence-electron chi connectivity index (χ4n) is 7.39. The van der Waals surface area contributed by atoms with E-state index < -0.39 is 17.5 Å². The van der Waals surface area contributed by atoms with Crippen molar-refractivity contribution in [1.29, 1.82) is 0 Å². The van der Waals surface area contributed by atoms with Crippen LogP contribution in [0, 0.1) is 28.6 Å². The highest BCUT2D eigenvalue weighted by Crippen LogP contribution is 2.68. The summed E-state index contributed by atoms with van der Waals surface area (Å²) < 4.78 is 5.93. The van der Waals surface area contributed by atoms with Gasteiger partial charge in [0.05, 0.1) is 5.92 Å². The van der Waals surface area contributed by atoms with E-state index in [1.165, 1.54) is 5.57 Å². The second kappa shape index (κ2) is 5.58. The molecule has 1 unspecified atom stereocenters. The predicted molar refractivity (Wildman–Crippen MR) is 101 cm³/mol. The molecule has 6 atom stereocenters. The highest BCUT2D eigenvalue weighted by atomic mass is 16.6. The number of esters is 1. The first kappa shape index (κ1) is 18.1. The summed E-state index contributed by atoms with van der Waals surface area (Å²) in [6.45, 7) is 4.42. The summed E-state index contributed by atoms with van der Waals surface area (Å²) in [6, 6.07) is 0. The van der Waals surface area contributed by atoms with Crippen LogP contribution in [0.1, 0.15) is 65.2 Å². The second-order valence-electron chi connectivity index (χ2n) is 10.0. The summed E-state index contributed by atoms with van der Waals surface area (Å²) in [5, 5.41) is 10.1. The smallest absolute Gasteiger partial charge is 0.307 e. The van der Waals surface area contributed by atoms with Crippen LogP contribution in [0.5, 0.6) is 0 Å². The molecule has 0 radical (unpaired) electrons. The van der Waals surface area contributed by atoms with Gasteiger partial charge in [0, 0.05) is 23.7 Å². The van der Waals surface area contributed by atoms with Crippen molar-refractivity contribution in [3.05, 3.63) is 23.3 Å². The molecule has 1 heterocycles. The first-order chi connectivity index (χ1) is 13.2. The van der Waals surface area contributed by atoms with Gasteiger partial charge in [-0.15, -0.1) is 0 Å². The van der Waals surface area contributed by atoms with E-state index in [0.29, 0.717) is 19.3 Å². The van der Waals surface area contributed by atoms with Crippen molar-refractivity contribution in [1.82, 2.24) is 0 Å². The Morgan fingerprint density at radius 2 is 1.96 bits per heavy atom. The maximum atomic E-state index is 12.3. The molecule has 1 N–H and O–H groups in total. The van der Waals surface area contributed by atoms with Crippen molar-refractivity contribution in [2.45, 2.75) is 70.8 Å². The fraction of sp³-hybridized carbons (Fsp3) is 0.696. The van der Waals surface area contributed by atoms with Gasteiger partial charge in [-0.3, -0.25) is 14.4 Å². The summed E-state index contributed by atoms with van der Waals surface area (Å²) in [5.41, 5.74) is 1.40. The first-order valence-corrected chi connectivity index (χ1v) is 10.6. The third kappa shape index (κ3) is 2.11. The topological polar surface area (TPSA) is 80.7 Å². The van der Waals surface area contributed by atoms with Crippen molar-refractivity contribution in [2.24, 2.45) is 28.6 Å². The van der Waals surface area contributed by atoms with Gasteiger partial charge in [0.25, 0.3) is 0 Å². The molecule has 0 bridgehead atoms. The maximum Gasteiger partial charge on any atom is 0.307 e. The van der Waals surface area contributed by atoms with Gasteiger partial charge in [-0.05, 0) is 56.4 Å². The summed E-state index contributed by atoms with van der Waals surface area (Å²) in [6.07, 6.45) is 9.53. The third-order valence-corrected chi connectivity index (χ3v) is 9.04. The van der Waals surface area contributed by atoms with Crippen molar-refractivity contribution < 1.29 is 24.2 Å². The minimum atomic E-state index is -0.773. The Hall–Kier alpha value is -1.91. The molecule has 1 spiro atoms. The molecule has 0 amide bonds. The van der Waals surface area contributed by atoms with Crippen LogP contribution in [0.25, 0.3) is 0 Å². The van der Waals surface area contributed by atoms with Crippen LogP contribution in [0.3, 0.4) is 0 Å². The lowest BCUT2D eigenvalue weighted by atomic mass is 9.48. The molecule has 4 aliphatic carbocycles. The van der Waals surface area contributed by atoms with Crippen LogP contribution < -0.4 is 0 Å². The maximum absolute atomic E-state index is 12.3. The molecule has 3 fully saturated rings. The second-order valence-corrected chi connectivity index (χ2v) is 10.0. The molecule has 0 aromatic carbocycles. The van der Waals surface area contributed by atoms with Crippen LogP contribution in [0.2, 0.25) is 0 Å². The fourth-order valence-corrected chi connectivity index (χ4v) is 7.39. The van der Waals surface area contributed by atoms with E-state index in [1.54, 1.807) is 6.08 Å². The number of carbonyl (C=O) groups excluding carboxylic acids is 2. The lowest BCUT2D eigenvalue weighted by Crippen LogP contribution is -2.53. The van der Waals surface area contributed by atoms with Crippen LogP contribution in [0.15, 0.2) is 23.3 Å². The largest absolute Gasteiger partial charge is 0.481 e. The molecular weight excluding hydrogens is 356 g/mol. The molecule has 5 heteroatoms. The third-order valence-electron chi connectivity index (χ3n) is 9.04. The number of carbonyl (C=O) groups is 3. The zero-order valence-electron chi connectivity index (χ0n) is 16.6. The van der Waals surface area contributed by atoms with Crippen molar-refractivity contribution in [2.75, 3.05) is 0 Å². The number of aliphatic carboxylic acids is 1. The average Bonchev–Trinajstić information content (AvgIpc) is 3.16. The van der Waals surface area contributed by atoms with Gasteiger partial charge in [0.15, 0.2) is 5.78 Å². The molecule has 0 aromatic heterocycles. The zero-order chi connectivity index (χ0) is 19.9. The van der Waals surface area contributed by atoms with Gasteiger partial charge < -0.3 is 9.84 Å². The molecule has 0 aromatic rings. The van der Waals surface area contributed by atoms with E-state index >= 15 is 0 Å². The molecular formula is C23H28O5. The summed E-state index contributed by atoms with van der Waals surface area (Å²) in [5.74, 6) is -1.10. The van der Waals surface area contributed by atoms with Crippen LogP contribution in [-0.2, 0) is 19.1 Å². The number of ketones is 1. The zero-order valence-corrected chi connectivity index (χ0v) is 16.6. The van der Waals surface area contributed by atoms with Gasteiger partial charge in [-0.2, -0.15) is 0 Å². The normalized spacial score (nSPS) is 47.0. The van der Waals surface area contributed by atoms with E-state index in [0.717, 1.165) is 37.7 Å². The highest BCUT2D eigenvalue weighted by molar-refractivity contribution is 5.92. The molecule has 5 nitrogen and oxygen atoms in total. The Morgan fingerprint density at radius 3 is 2.64 bits per heavy atom. The summed E-state index contributed by atoms with van der Waals surface area (Å²) >= 11 is 0. The minimum Gasteiger partial charge on any atom is -0.481 e. The minimum absolute atomic E-state index is 0.0368. The molecule has 5 aliphatic rings. The Bertz CT molecular complexity index is 853. The Morgan fingerprint density at radius 1 is 1.18 bits per heavy atom. The Labute approximate surface area is 165 Å². The molecule has 28 heavy (non-hydrogen) atoms. The number of allylic oxidation sites excluding steroid dienone is 4. The van der Waals surface area contributed by atoms with Crippen LogP contribution in [0.4, 0.5) is 0 Å². The molecule has 150 valence electrons. The lowest BCUT2D eigenvalue weighted by molar-refractivity contribution is -0.162. The number of hydrogen-bond donors (Lipinski definition) is 1. The summed E-state index contributed by atoms with van der Waals surface area (Å²) in [4.78, 5) is 36.3. The summed E-state index contributed by atoms with van der Waals surface area (Å²) in [7, 11) is 0. The quantitative estimate of drug-likeness (QED) is 0.549. The monoisotopic (exact) mass is 384 g/mol. The van der Waals surface area contributed by atoms with Gasteiger partial charge in [0.2, 0.25) is 0 Å². The van der Waals surface area contributed by atoms with Crippen molar-refractivity contribution in [3.8, 4) is 0 Å². The molecule has 1 saturated heterocycles. The number of carboxylic acids is 1. The standard InChI is InChI=1S/C23H28O5/c1-21-7-3-14(24)11-13(21)12-15(20(26)27)19-16(21)4-8-22(2)17(19)5-9-23(22)10-6-18(25)28-23/h4,11,15,17,19H,3,5-10,12H2,1-2H3,(H,26,27)/t15?,17-,19+,21-,22-,23+/m0/s1. The van der Waals surface area contributed by atoms with Gasteiger partial charge in [-0.25, -0.2) is 0 Å².